The molecule has 2 unspecified atom stereocenters. The lowest BCUT2D eigenvalue weighted by molar-refractivity contribution is 0.0940. The summed E-state index contributed by atoms with van der Waals surface area (Å²) in [5, 5.41) is 5.04. The molecule has 1 N–H and O–H groups in total. The molecule has 2 aromatic rings. The molecule has 0 bridgehead atoms. The fourth-order valence-corrected chi connectivity index (χ4v) is 3.80. The van der Waals surface area contributed by atoms with Crippen LogP contribution in [-0.4, -0.2) is 17.4 Å². The Hall–Kier alpha value is -1.88. The van der Waals surface area contributed by atoms with Crippen LogP contribution < -0.4 is 10.1 Å². The number of hydrogen-bond acceptors (Lipinski definition) is 4. The van der Waals surface area contributed by atoms with Gasteiger partial charge < -0.3 is 10.1 Å². The monoisotopic (exact) mass is 344 g/mol. The van der Waals surface area contributed by atoms with Crippen LogP contribution in [0.1, 0.15) is 48.7 Å². The summed E-state index contributed by atoms with van der Waals surface area (Å²) >= 11 is 1.55. The average molecular weight is 344 g/mol. The molecular formula is C19H24N2O2S. The Morgan fingerprint density at radius 2 is 2.17 bits per heavy atom. The number of rotatable bonds is 6. The van der Waals surface area contributed by atoms with E-state index in [9.17, 15) is 4.79 Å². The molecule has 1 aromatic carbocycles. The summed E-state index contributed by atoms with van der Waals surface area (Å²) in [4.78, 5) is 16.4. The highest BCUT2D eigenvalue weighted by atomic mass is 32.1. The molecule has 0 radical (unpaired) electrons. The summed E-state index contributed by atoms with van der Waals surface area (Å²) in [6.45, 7) is 3.54. The predicted molar refractivity (Wildman–Crippen MR) is 96.3 cm³/mol. The molecule has 1 saturated carbocycles. The summed E-state index contributed by atoms with van der Waals surface area (Å²) in [6, 6.07) is 7.30. The number of nitrogens with zero attached hydrogens (tertiary/aromatic N) is 1. The molecule has 24 heavy (non-hydrogen) atoms. The Labute approximate surface area is 147 Å². The molecular weight excluding hydrogens is 320 g/mol. The minimum absolute atomic E-state index is 0.000669. The van der Waals surface area contributed by atoms with Gasteiger partial charge in [0, 0.05) is 17.5 Å². The van der Waals surface area contributed by atoms with Gasteiger partial charge >= 0.3 is 0 Å². The van der Waals surface area contributed by atoms with Gasteiger partial charge in [-0.15, -0.1) is 11.3 Å². The lowest BCUT2D eigenvalue weighted by Crippen LogP contribution is -2.31. The highest BCUT2D eigenvalue weighted by Gasteiger charge is 2.19. The smallest absolute Gasteiger partial charge is 0.251 e. The maximum Gasteiger partial charge on any atom is 0.251 e. The molecule has 0 spiro atoms. The third kappa shape index (κ3) is 4.81. The molecule has 0 saturated heterocycles. The van der Waals surface area contributed by atoms with Crippen molar-refractivity contribution in [2.45, 2.75) is 39.2 Å². The zero-order valence-electron chi connectivity index (χ0n) is 14.0. The van der Waals surface area contributed by atoms with Crippen molar-refractivity contribution in [2.24, 2.45) is 11.8 Å². The van der Waals surface area contributed by atoms with Crippen LogP contribution in [0.2, 0.25) is 0 Å². The van der Waals surface area contributed by atoms with Gasteiger partial charge in [0.05, 0.1) is 11.2 Å². The molecule has 5 heteroatoms. The van der Waals surface area contributed by atoms with Gasteiger partial charge in [-0.25, -0.2) is 4.98 Å². The van der Waals surface area contributed by atoms with Crippen molar-refractivity contribution in [3.8, 4) is 5.75 Å². The number of ether oxygens (including phenoxy) is 1. The summed E-state index contributed by atoms with van der Waals surface area (Å²) in [7, 11) is 0. The number of carbonyl (C=O) groups is 1. The minimum atomic E-state index is -0.000669. The van der Waals surface area contributed by atoms with E-state index in [1.807, 2.05) is 29.6 Å². The van der Waals surface area contributed by atoms with Gasteiger partial charge in [-0.05, 0) is 48.9 Å². The molecule has 1 fully saturated rings. The van der Waals surface area contributed by atoms with Gasteiger partial charge in [0.2, 0.25) is 0 Å². The van der Waals surface area contributed by atoms with Crippen molar-refractivity contribution >= 4 is 17.2 Å². The average Bonchev–Trinajstić information content (AvgIpc) is 3.12. The third-order valence-corrected chi connectivity index (χ3v) is 5.22. The fourth-order valence-electron chi connectivity index (χ4n) is 3.25. The first-order chi connectivity index (χ1) is 11.7. The number of amides is 1. The van der Waals surface area contributed by atoms with Crippen molar-refractivity contribution in [3.63, 3.8) is 0 Å². The number of aromatic nitrogens is 1. The van der Waals surface area contributed by atoms with Crippen LogP contribution in [0, 0.1) is 11.8 Å². The van der Waals surface area contributed by atoms with Gasteiger partial charge in [0.25, 0.3) is 5.91 Å². The van der Waals surface area contributed by atoms with Crippen molar-refractivity contribution in [2.75, 3.05) is 6.54 Å². The predicted octanol–water partition coefficient (Wildman–Crippen LogP) is 4.28. The Bertz CT molecular complexity index is 640. The van der Waals surface area contributed by atoms with Crippen LogP contribution in [0.5, 0.6) is 5.75 Å². The topological polar surface area (TPSA) is 51.2 Å². The van der Waals surface area contributed by atoms with Crippen molar-refractivity contribution in [1.82, 2.24) is 10.3 Å². The van der Waals surface area contributed by atoms with Crippen LogP contribution in [0.25, 0.3) is 0 Å². The SMILES string of the molecule is CC1CCCC(CNC(=O)c2ccc(OCc3cscn3)cc2)C1. The van der Waals surface area contributed by atoms with E-state index in [2.05, 4.69) is 17.2 Å². The Balaban J connectivity index is 1.46. The molecule has 1 aliphatic rings. The molecule has 4 nitrogen and oxygen atoms in total. The molecule has 2 atom stereocenters. The van der Waals surface area contributed by atoms with Gasteiger partial charge in [-0.2, -0.15) is 0 Å². The third-order valence-electron chi connectivity index (χ3n) is 4.58. The lowest BCUT2D eigenvalue weighted by atomic mass is 9.82. The highest BCUT2D eigenvalue weighted by molar-refractivity contribution is 7.07. The quantitative estimate of drug-likeness (QED) is 0.851. The van der Waals surface area contributed by atoms with Crippen molar-refractivity contribution in [3.05, 3.63) is 46.4 Å². The molecule has 1 aromatic heterocycles. The first-order valence-electron chi connectivity index (χ1n) is 8.59. The second-order valence-electron chi connectivity index (χ2n) is 6.64. The molecule has 1 amide bonds. The van der Waals surface area contributed by atoms with E-state index in [1.54, 1.807) is 16.8 Å². The Morgan fingerprint density at radius 1 is 1.33 bits per heavy atom. The second-order valence-corrected chi connectivity index (χ2v) is 7.36. The second kappa shape index (κ2) is 8.29. The number of benzene rings is 1. The summed E-state index contributed by atoms with van der Waals surface area (Å²) < 4.78 is 5.66. The van der Waals surface area contributed by atoms with E-state index >= 15 is 0 Å². The normalized spacial score (nSPS) is 20.5. The van der Waals surface area contributed by atoms with E-state index in [-0.39, 0.29) is 5.91 Å². The van der Waals surface area contributed by atoms with E-state index in [0.29, 0.717) is 18.1 Å². The molecule has 3 rings (SSSR count). The van der Waals surface area contributed by atoms with E-state index in [1.165, 1.54) is 25.7 Å². The zero-order chi connectivity index (χ0) is 16.8. The number of thiazole rings is 1. The van der Waals surface area contributed by atoms with Crippen LogP contribution in [0.15, 0.2) is 35.2 Å². The summed E-state index contributed by atoms with van der Waals surface area (Å²) in [6.07, 6.45) is 5.07. The minimum Gasteiger partial charge on any atom is -0.487 e. The summed E-state index contributed by atoms with van der Waals surface area (Å²) in [5.74, 6) is 2.16. The van der Waals surface area contributed by atoms with Crippen LogP contribution in [-0.2, 0) is 6.61 Å². The Morgan fingerprint density at radius 3 is 2.88 bits per heavy atom. The Kier molecular flexibility index (Phi) is 5.86. The van der Waals surface area contributed by atoms with Gasteiger partial charge in [-0.1, -0.05) is 19.8 Å². The molecule has 1 aliphatic carbocycles. The van der Waals surface area contributed by atoms with Crippen molar-refractivity contribution < 1.29 is 9.53 Å². The van der Waals surface area contributed by atoms with E-state index < -0.39 is 0 Å². The standard InChI is InChI=1S/C19H24N2O2S/c1-14-3-2-4-15(9-14)10-20-19(22)16-5-7-18(8-6-16)23-11-17-12-24-13-21-17/h5-8,12-15H,2-4,9-11H2,1H3,(H,20,22). The largest absolute Gasteiger partial charge is 0.487 e. The number of nitrogens with one attached hydrogen (secondary N) is 1. The van der Waals surface area contributed by atoms with Gasteiger partial charge in [0.1, 0.15) is 12.4 Å². The van der Waals surface area contributed by atoms with Gasteiger partial charge in [0.15, 0.2) is 0 Å². The first kappa shape index (κ1) is 17.0. The zero-order valence-corrected chi connectivity index (χ0v) is 14.8. The lowest BCUT2D eigenvalue weighted by Gasteiger charge is -2.26. The first-order valence-corrected chi connectivity index (χ1v) is 9.53. The molecule has 1 heterocycles. The fraction of sp³-hybridized carbons (Fsp3) is 0.474. The number of hydrogen-bond donors (Lipinski definition) is 1. The molecule has 0 aliphatic heterocycles. The van der Waals surface area contributed by atoms with Crippen LogP contribution >= 0.6 is 11.3 Å². The van der Waals surface area contributed by atoms with E-state index in [0.717, 1.165) is 23.9 Å². The maximum absolute atomic E-state index is 12.3. The number of carbonyl (C=O) groups excluding carboxylic acids is 1. The maximum atomic E-state index is 12.3. The summed E-state index contributed by atoms with van der Waals surface area (Å²) in [5.41, 5.74) is 3.39. The van der Waals surface area contributed by atoms with Crippen LogP contribution in [0.3, 0.4) is 0 Å². The van der Waals surface area contributed by atoms with Crippen LogP contribution in [0.4, 0.5) is 0 Å². The van der Waals surface area contributed by atoms with E-state index in [4.69, 9.17) is 4.74 Å². The highest BCUT2D eigenvalue weighted by Crippen LogP contribution is 2.28. The van der Waals surface area contributed by atoms with Crippen molar-refractivity contribution in [1.29, 1.82) is 0 Å². The molecule has 128 valence electrons. The van der Waals surface area contributed by atoms with Gasteiger partial charge in [-0.3, -0.25) is 4.79 Å².